The van der Waals surface area contributed by atoms with Crippen LogP contribution in [0.25, 0.3) is 0 Å². The summed E-state index contributed by atoms with van der Waals surface area (Å²) in [4.78, 5) is 0. The standard InChI is InChI=1S/C14H17F2NO/c15-14(16)18-12-9-5-4-8-11(12)13(17)10-6-2-1-3-7-10/h4-6,8-9,13-14H,1-3,7,17H2. The van der Waals surface area contributed by atoms with Gasteiger partial charge in [-0.1, -0.05) is 29.8 Å². The highest BCUT2D eigenvalue weighted by molar-refractivity contribution is 5.40. The molecule has 0 aliphatic heterocycles. The molecule has 4 heteroatoms. The van der Waals surface area contributed by atoms with Gasteiger partial charge in [0, 0.05) is 5.56 Å². The number of hydrogen-bond acceptors (Lipinski definition) is 2. The zero-order chi connectivity index (χ0) is 13.0. The van der Waals surface area contributed by atoms with Crippen LogP contribution < -0.4 is 10.5 Å². The van der Waals surface area contributed by atoms with Crippen molar-refractivity contribution < 1.29 is 13.5 Å². The van der Waals surface area contributed by atoms with Crippen molar-refractivity contribution in [1.29, 1.82) is 0 Å². The molecule has 1 aromatic carbocycles. The van der Waals surface area contributed by atoms with Gasteiger partial charge in [0.25, 0.3) is 0 Å². The second-order valence-electron chi connectivity index (χ2n) is 4.42. The van der Waals surface area contributed by atoms with E-state index in [2.05, 4.69) is 10.8 Å². The molecule has 2 nitrogen and oxygen atoms in total. The molecule has 1 atom stereocenters. The van der Waals surface area contributed by atoms with E-state index in [0.29, 0.717) is 5.56 Å². The predicted molar refractivity (Wildman–Crippen MR) is 66.6 cm³/mol. The van der Waals surface area contributed by atoms with Crippen molar-refractivity contribution in [2.24, 2.45) is 5.73 Å². The van der Waals surface area contributed by atoms with Gasteiger partial charge in [0.15, 0.2) is 0 Å². The van der Waals surface area contributed by atoms with Gasteiger partial charge in [-0.15, -0.1) is 0 Å². The van der Waals surface area contributed by atoms with E-state index in [1.807, 2.05) is 0 Å². The number of ether oxygens (including phenoxy) is 1. The van der Waals surface area contributed by atoms with Gasteiger partial charge in [0.1, 0.15) is 5.75 Å². The molecule has 0 spiro atoms. The van der Waals surface area contributed by atoms with Crippen molar-refractivity contribution in [3.8, 4) is 5.75 Å². The van der Waals surface area contributed by atoms with E-state index in [9.17, 15) is 8.78 Å². The molecule has 1 aliphatic carbocycles. The molecule has 1 unspecified atom stereocenters. The molecule has 0 bridgehead atoms. The van der Waals surface area contributed by atoms with Gasteiger partial charge in [-0.3, -0.25) is 0 Å². The average Bonchev–Trinajstić information content (AvgIpc) is 2.39. The Kier molecular flexibility index (Phi) is 4.31. The highest BCUT2D eigenvalue weighted by Gasteiger charge is 2.19. The monoisotopic (exact) mass is 253 g/mol. The van der Waals surface area contributed by atoms with Gasteiger partial charge in [-0.05, 0) is 31.7 Å². The van der Waals surface area contributed by atoms with E-state index in [-0.39, 0.29) is 11.8 Å². The number of nitrogens with two attached hydrogens (primary N) is 1. The number of rotatable bonds is 4. The molecule has 0 fully saturated rings. The lowest BCUT2D eigenvalue weighted by Gasteiger charge is -2.22. The van der Waals surface area contributed by atoms with Crippen LogP contribution in [0.15, 0.2) is 35.9 Å². The first-order chi connectivity index (χ1) is 8.68. The number of allylic oxidation sites excluding steroid dienone is 1. The lowest BCUT2D eigenvalue weighted by Crippen LogP contribution is -2.17. The lowest BCUT2D eigenvalue weighted by atomic mass is 9.90. The largest absolute Gasteiger partial charge is 0.434 e. The van der Waals surface area contributed by atoms with Crippen molar-refractivity contribution in [2.75, 3.05) is 0 Å². The van der Waals surface area contributed by atoms with Crippen molar-refractivity contribution in [3.05, 3.63) is 41.5 Å². The quantitative estimate of drug-likeness (QED) is 0.828. The van der Waals surface area contributed by atoms with E-state index in [1.54, 1.807) is 18.2 Å². The van der Waals surface area contributed by atoms with E-state index >= 15 is 0 Å². The fraction of sp³-hybridized carbons (Fsp3) is 0.429. The Morgan fingerprint density at radius 3 is 2.61 bits per heavy atom. The van der Waals surface area contributed by atoms with Crippen LogP contribution >= 0.6 is 0 Å². The highest BCUT2D eigenvalue weighted by atomic mass is 19.3. The summed E-state index contributed by atoms with van der Waals surface area (Å²) in [7, 11) is 0. The van der Waals surface area contributed by atoms with Gasteiger partial charge in [-0.2, -0.15) is 8.78 Å². The summed E-state index contributed by atoms with van der Waals surface area (Å²) in [6.45, 7) is -2.82. The van der Waals surface area contributed by atoms with Crippen LogP contribution in [0.2, 0.25) is 0 Å². The van der Waals surface area contributed by atoms with Gasteiger partial charge < -0.3 is 10.5 Å². The third-order valence-electron chi connectivity index (χ3n) is 3.20. The molecule has 0 heterocycles. The summed E-state index contributed by atoms with van der Waals surface area (Å²) >= 11 is 0. The lowest BCUT2D eigenvalue weighted by molar-refractivity contribution is -0.0505. The molecule has 2 N–H and O–H groups in total. The summed E-state index contributed by atoms with van der Waals surface area (Å²) in [5.41, 5.74) is 7.90. The molecule has 0 saturated carbocycles. The minimum absolute atomic E-state index is 0.173. The van der Waals surface area contributed by atoms with Crippen LogP contribution in [0.4, 0.5) is 8.78 Å². The molecule has 98 valence electrons. The SMILES string of the molecule is NC(C1=CCCCC1)c1ccccc1OC(F)F. The molecule has 18 heavy (non-hydrogen) atoms. The maximum absolute atomic E-state index is 12.3. The Hall–Kier alpha value is -1.42. The van der Waals surface area contributed by atoms with Crippen LogP contribution in [0.1, 0.15) is 37.3 Å². The van der Waals surface area contributed by atoms with Crippen LogP contribution in [0.3, 0.4) is 0 Å². The number of alkyl halides is 2. The molecule has 0 saturated heterocycles. The molecular weight excluding hydrogens is 236 g/mol. The molecule has 0 radical (unpaired) electrons. The Morgan fingerprint density at radius 1 is 1.17 bits per heavy atom. The Balaban J connectivity index is 2.23. The van der Waals surface area contributed by atoms with Crippen molar-refractivity contribution in [3.63, 3.8) is 0 Å². The summed E-state index contributed by atoms with van der Waals surface area (Å²) in [6, 6.07) is 6.39. The summed E-state index contributed by atoms with van der Waals surface area (Å²) in [5.74, 6) is 0.173. The van der Waals surface area contributed by atoms with Crippen molar-refractivity contribution >= 4 is 0 Å². The predicted octanol–water partition coefficient (Wildman–Crippen LogP) is 3.79. The molecule has 1 aromatic rings. The summed E-state index contributed by atoms with van der Waals surface area (Å²) in [5, 5.41) is 0. The summed E-state index contributed by atoms with van der Waals surface area (Å²) < 4.78 is 29.2. The third kappa shape index (κ3) is 3.07. The zero-order valence-electron chi connectivity index (χ0n) is 10.1. The molecule has 0 aromatic heterocycles. The average molecular weight is 253 g/mol. The smallest absolute Gasteiger partial charge is 0.387 e. The molecule has 0 amide bonds. The Labute approximate surface area is 105 Å². The number of benzene rings is 1. The second kappa shape index (κ2) is 5.96. The van der Waals surface area contributed by atoms with Crippen molar-refractivity contribution in [1.82, 2.24) is 0 Å². The van der Waals surface area contributed by atoms with E-state index in [4.69, 9.17) is 5.73 Å². The van der Waals surface area contributed by atoms with Gasteiger partial charge in [0.05, 0.1) is 6.04 Å². The topological polar surface area (TPSA) is 35.2 Å². The van der Waals surface area contributed by atoms with Gasteiger partial charge in [-0.25, -0.2) is 0 Å². The first-order valence-corrected chi connectivity index (χ1v) is 6.16. The van der Waals surface area contributed by atoms with Gasteiger partial charge in [0.2, 0.25) is 0 Å². The number of halogens is 2. The number of hydrogen-bond donors (Lipinski definition) is 1. The fourth-order valence-corrected chi connectivity index (χ4v) is 2.29. The maximum atomic E-state index is 12.3. The first-order valence-electron chi connectivity index (χ1n) is 6.16. The Morgan fingerprint density at radius 2 is 1.94 bits per heavy atom. The summed E-state index contributed by atoms with van der Waals surface area (Å²) in [6.07, 6.45) is 6.35. The van der Waals surface area contributed by atoms with Crippen LogP contribution in [0.5, 0.6) is 5.75 Å². The third-order valence-corrected chi connectivity index (χ3v) is 3.20. The van der Waals surface area contributed by atoms with Crippen LogP contribution in [-0.2, 0) is 0 Å². The number of para-hydroxylation sites is 1. The van der Waals surface area contributed by atoms with E-state index < -0.39 is 6.61 Å². The minimum atomic E-state index is -2.82. The second-order valence-corrected chi connectivity index (χ2v) is 4.42. The fourth-order valence-electron chi connectivity index (χ4n) is 2.29. The van der Waals surface area contributed by atoms with E-state index in [1.165, 1.54) is 12.5 Å². The van der Waals surface area contributed by atoms with Crippen LogP contribution in [0, 0.1) is 0 Å². The normalized spacial score (nSPS) is 17.4. The minimum Gasteiger partial charge on any atom is -0.434 e. The van der Waals surface area contributed by atoms with Gasteiger partial charge >= 0.3 is 6.61 Å². The first kappa shape index (κ1) is 13.0. The maximum Gasteiger partial charge on any atom is 0.387 e. The molecule has 2 rings (SSSR count). The highest BCUT2D eigenvalue weighted by Crippen LogP contribution is 2.33. The molecular formula is C14H17F2NO. The Bertz CT molecular complexity index is 432. The molecule has 1 aliphatic rings. The van der Waals surface area contributed by atoms with Crippen molar-refractivity contribution in [2.45, 2.75) is 38.3 Å². The van der Waals surface area contributed by atoms with Crippen LogP contribution in [-0.4, -0.2) is 6.61 Å². The van der Waals surface area contributed by atoms with E-state index in [0.717, 1.165) is 24.8 Å². The zero-order valence-corrected chi connectivity index (χ0v) is 10.1.